The molecule has 1 aromatic rings. The van der Waals surface area contributed by atoms with Crippen molar-refractivity contribution < 1.29 is 9.53 Å². The number of hydrogen-bond donors (Lipinski definition) is 2. The zero-order valence-corrected chi connectivity index (χ0v) is 9.81. The minimum atomic E-state index is -0.673. The van der Waals surface area contributed by atoms with E-state index in [-0.39, 0.29) is 24.8 Å². The number of nitrogens with one attached hydrogen (secondary N) is 1. The number of halogens is 2. The average molecular weight is 257 g/mol. The third kappa shape index (κ3) is 5.56. The van der Waals surface area contributed by atoms with Crippen LogP contribution in [0, 0.1) is 0 Å². The van der Waals surface area contributed by atoms with E-state index in [0.717, 1.165) is 0 Å². The Morgan fingerprint density at radius 2 is 2.33 bits per heavy atom. The highest BCUT2D eigenvalue weighted by atomic mass is 35.5. The maximum atomic E-state index is 11.1. The van der Waals surface area contributed by atoms with Crippen LogP contribution in [-0.2, 0) is 16.0 Å². The van der Waals surface area contributed by atoms with Gasteiger partial charge in [0, 0.05) is 6.42 Å². The molecule has 0 fully saturated rings. The number of aromatic nitrogens is 3. The van der Waals surface area contributed by atoms with Crippen LogP contribution in [0.1, 0.15) is 12.7 Å². The van der Waals surface area contributed by atoms with Crippen LogP contribution in [0.4, 0.5) is 0 Å². The summed E-state index contributed by atoms with van der Waals surface area (Å²) in [6, 6.07) is -0.673. The van der Waals surface area contributed by atoms with Crippen LogP contribution in [0.2, 0.25) is 0 Å². The van der Waals surface area contributed by atoms with Crippen LogP contribution in [0.3, 0.4) is 0 Å². The Kier molecular flexibility index (Phi) is 9.35. The van der Waals surface area contributed by atoms with E-state index in [4.69, 9.17) is 10.5 Å². The molecule has 6 nitrogen and oxygen atoms in total. The molecule has 0 aliphatic carbocycles. The van der Waals surface area contributed by atoms with Gasteiger partial charge in [0.1, 0.15) is 18.2 Å². The second-order valence-electron chi connectivity index (χ2n) is 2.49. The van der Waals surface area contributed by atoms with E-state index in [0.29, 0.717) is 18.9 Å². The first-order valence-corrected chi connectivity index (χ1v) is 4.00. The van der Waals surface area contributed by atoms with E-state index in [9.17, 15) is 4.79 Å². The van der Waals surface area contributed by atoms with Crippen LogP contribution >= 0.6 is 24.8 Å². The Hall–Kier alpha value is -0.850. The topological polar surface area (TPSA) is 93.9 Å². The second kappa shape index (κ2) is 8.46. The van der Waals surface area contributed by atoms with Gasteiger partial charge in [-0.25, -0.2) is 4.98 Å². The predicted octanol–water partition coefficient (Wildman–Crippen LogP) is 0.0812. The Bertz CT molecular complexity index is 268. The van der Waals surface area contributed by atoms with E-state index in [1.54, 1.807) is 6.92 Å². The van der Waals surface area contributed by atoms with Gasteiger partial charge in [-0.1, -0.05) is 0 Å². The molecule has 1 unspecified atom stereocenters. The maximum absolute atomic E-state index is 11.1. The van der Waals surface area contributed by atoms with Gasteiger partial charge in [-0.2, -0.15) is 5.10 Å². The van der Waals surface area contributed by atoms with Gasteiger partial charge in [0.15, 0.2) is 0 Å². The van der Waals surface area contributed by atoms with E-state index < -0.39 is 12.0 Å². The SMILES string of the molecule is CCOC(=O)C(N)Cc1ncn[nH]1.Cl.Cl. The molecule has 1 heterocycles. The molecule has 0 radical (unpaired) electrons. The van der Waals surface area contributed by atoms with Crippen molar-refractivity contribution in [2.45, 2.75) is 19.4 Å². The molecule has 0 bridgehead atoms. The molecule has 0 aliphatic heterocycles. The molecule has 0 aromatic carbocycles. The Morgan fingerprint density at radius 1 is 1.67 bits per heavy atom. The summed E-state index contributed by atoms with van der Waals surface area (Å²) in [6.45, 7) is 2.07. The molecular weight excluding hydrogens is 243 g/mol. The zero-order chi connectivity index (χ0) is 9.68. The lowest BCUT2D eigenvalue weighted by atomic mass is 10.2. The molecule has 1 atom stereocenters. The number of carbonyl (C=O) groups is 1. The first-order valence-electron chi connectivity index (χ1n) is 4.00. The van der Waals surface area contributed by atoms with Crippen LogP contribution in [0.15, 0.2) is 6.33 Å². The van der Waals surface area contributed by atoms with Gasteiger partial charge >= 0.3 is 5.97 Å². The van der Waals surface area contributed by atoms with Crippen LogP contribution in [0.5, 0.6) is 0 Å². The summed E-state index contributed by atoms with van der Waals surface area (Å²) in [5.41, 5.74) is 5.53. The highest BCUT2D eigenvalue weighted by molar-refractivity contribution is 5.85. The Labute approximate surface area is 99.8 Å². The van der Waals surface area contributed by atoms with Gasteiger partial charge in [-0.05, 0) is 6.92 Å². The first kappa shape index (κ1) is 16.6. The lowest BCUT2D eigenvalue weighted by Gasteiger charge is -2.07. The molecule has 88 valence electrons. The van der Waals surface area contributed by atoms with Crippen molar-refractivity contribution in [2.24, 2.45) is 5.73 Å². The van der Waals surface area contributed by atoms with E-state index in [1.807, 2.05) is 0 Å². The number of hydrogen-bond acceptors (Lipinski definition) is 5. The molecule has 1 rings (SSSR count). The number of carbonyl (C=O) groups excluding carboxylic acids is 1. The van der Waals surface area contributed by atoms with Crippen molar-refractivity contribution in [1.82, 2.24) is 15.2 Å². The normalized spacial score (nSPS) is 10.8. The molecule has 0 saturated heterocycles. The van der Waals surface area contributed by atoms with Gasteiger partial charge in [0.2, 0.25) is 0 Å². The maximum Gasteiger partial charge on any atom is 0.323 e. The summed E-state index contributed by atoms with van der Waals surface area (Å²) >= 11 is 0. The molecule has 0 amide bonds. The smallest absolute Gasteiger partial charge is 0.323 e. The van der Waals surface area contributed by atoms with E-state index in [2.05, 4.69) is 15.2 Å². The fraction of sp³-hybridized carbons (Fsp3) is 0.571. The number of ether oxygens (including phenoxy) is 1. The standard InChI is InChI=1S/C7H12N4O2.2ClH/c1-2-13-7(12)5(8)3-6-9-4-10-11-6;;/h4-5H,2-3,8H2,1H3,(H,9,10,11);2*1H. The van der Waals surface area contributed by atoms with Crippen molar-refractivity contribution in [3.8, 4) is 0 Å². The molecule has 8 heteroatoms. The molecule has 1 aromatic heterocycles. The van der Waals surface area contributed by atoms with Crippen LogP contribution < -0.4 is 5.73 Å². The van der Waals surface area contributed by atoms with Crippen molar-refractivity contribution in [3.63, 3.8) is 0 Å². The molecular formula is C7H14Cl2N4O2. The fourth-order valence-electron chi connectivity index (χ4n) is 0.870. The third-order valence-electron chi connectivity index (χ3n) is 1.47. The van der Waals surface area contributed by atoms with Gasteiger partial charge in [-0.3, -0.25) is 9.89 Å². The zero-order valence-electron chi connectivity index (χ0n) is 8.17. The van der Waals surface area contributed by atoms with E-state index in [1.165, 1.54) is 6.33 Å². The number of nitrogens with zero attached hydrogens (tertiary/aromatic N) is 2. The van der Waals surface area contributed by atoms with Crippen molar-refractivity contribution in [3.05, 3.63) is 12.2 Å². The Morgan fingerprint density at radius 3 is 2.80 bits per heavy atom. The highest BCUT2D eigenvalue weighted by Crippen LogP contribution is 1.94. The van der Waals surface area contributed by atoms with E-state index >= 15 is 0 Å². The van der Waals surface area contributed by atoms with Gasteiger partial charge in [-0.15, -0.1) is 24.8 Å². The number of rotatable bonds is 4. The highest BCUT2D eigenvalue weighted by Gasteiger charge is 2.15. The molecule has 0 aliphatic rings. The molecule has 0 saturated carbocycles. The summed E-state index contributed by atoms with van der Waals surface area (Å²) in [5.74, 6) is 0.166. The third-order valence-corrected chi connectivity index (χ3v) is 1.47. The van der Waals surface area contributed by atoms with Crippen molar-refractivity contribution in [2.75, 3.05) is 6.61 Å². The first-order chi connectivity index (χ1) is 6.24. The quantitative estimate of drug-likeness (QED) is 0.745. The molecule has 15 heavy (non-hydrogen) atoms. The average Bonchev–Trinajstić information content (AvgIpc) is 2.57. The van der Waals surface area contributed by atoms with Crippen LogP contribution in [-0.4, -0.2) is 33.8 Å². The number of H-pyrrole nitrogens is 1. The second-order valence-corrected chi connectivity index (χ2v) is 2.49. The summed E-state index contributed by atoms with van der Waals surface area (Å²) in [7, 11) is 0. The predicted molar refractivity (Wildman–Crippen MR) is 59.2 cm³/mol. The number of esters is 1. The summed E-state index contributed by atoms with van der Waals surface area (Å²) in [6.07, 6.45) is 1.69. The Balaban J connectivity index is 0. The lowest BCUT2D eigenvalue weighted by Crippen LogP contribution is -2.34. The van der Waals surface area contributed by atoms with Gasteiger partial charge in [0.25, 0.3) is 0 Å². The number of nitrogens with two attached hydrogens (primary N) is 1. The van der Waals surface area contributed by atoms with Gasteiger partial charge < -0.3 is 10.5 Å². The fourth-order valence-corrected chi connectivity index (χ4v) is 0.870. The van der Waals surface area contributed by atoms with Crippen molar-refractivity contribution >= 4 is 30.8 Å². The van der Waals surface area contributed by atoms with Gasteiger partial charge in [0.05, 0.1) is 6.61 Å². The summed E-state index contributed by atoms with van der Waals surface area (Å²) < 4.78 is 4.73. The monoisotopic (exact) mass is 256 g/mol. The summed E-state index contributed by atoms with van der Waals surface area (Å²) in [4.78, 5) is 14.9. The summed E-state index contributed by atoms with van der Waals surface area (Å²) in [5, 5.41) is 6.25. The lowest BCUT2D eigenvalue weighted by molar-refractivity contribution is -0.144. The van der Waals surface area contributed by atoms with Crippen LogP contribution in [0.25, 0.3) is 0 Å². The minimum Gasteiger partial charge on any atom is -0.465 e. The largest absolute Gasteiger partial charge is 0.465 e. The minimum absolute atomic E-state index is 0. The van der Waals surface area contributed by atoms with Crippen molar-refractivity contribution in [1.29, 1.82) is 0 Å². The molecule has 0 spiro atoms. The number of aromatic amines is 1. The molecule has 3 N–H and O–H groups in total.